The van der Waals surface area contributed by atoms with Gasteiger partial charge in [0.15, 0.2) is 0 Å². The molecule has 0 aliphatic rings. The first-order valence-electron chi connectivity index (χ1n) is 3.65. The zero-order valence-electron chi connectivity index (χ0n) is 7.55. The minimum absolute atomic E-state index is 0.190. The van der Waals surface area contributed by atoms with Gasteiger partial charge in [0.2, 0.25) is 0 Å². The molecule has 4 heteroatoms. The second kappa shape index (κ2) is 9.81. The van der Waals surface area contributed by atoms with Crippen molar-refractivity contribution in [3.05, 3.63) is 0 Å². The van der Waals surface area contributed by atoms with Crippen LogP contribution in [-0.2, 0) is 0 Å². The molecule has 0 spiro atoms. The highest BCUT2D eigenvalue weighted by atomic mass is 19.1. The number of hydrogen-bond donors (Lipinski definition) is 2. The van der Waals surface area contributed by atoms with Gasteiger partial charge in [0.25, 0.3) is 0 Å². The van der Waals surface area contributed by atoms with Gasteiger partial charge in [-0.2, -0.15) is 0 Å². The normalized spacial score (nSPS) is 9.82. The van der Waals surface area contributed by atoms with Gasteiger partial charge in [0, 0.05) is 19.3 Å². The average molecular weight is 166 g/mol. The molecule has 0 aliphatic carbocycles. The summed E-state index contributed by atoms with van der Waals surface area (Å²) in [5.74, 6) is 0. The summed E-state index contributed by atoms with van der Waals surface area (Å²) < 4.78 is 9.50. The Hall–Kier alpha value is -0.190. The maximum atomic E-state index is 9.50. The van der Waals surface area contributed by atoms with Gasteiger partial charge >= 0.3 is 0 Å². The topological polar surface area (TPSA) is 49.5 Å². The fraction of sp³-hybridized carbons (Fsp3) is 1.00. The van der Waals surface area contributed by atoms with E-state index in [0.29, 0.717) is 26.4 Å². The number of aliphatic hydroxyl groups excluding tert-OH is 1. The molecule has 0 heterocycles. The highest BCUT2D eigenvalue weighted by molar-refractivity contribution is 4.57. The van der Waals surface area contributed by atoms with Gasteiger partial charge < -0.3 is 10.8 Å². The largest absolute Gasteiger partial charge is 0.395 e. The van der Waals surface area contributed by atoms with Gasteiger partial charge in [0.05, 0.1) is 13.8 Å². The van der Waals surface area contributed by atoms with E-state index in [1.807, 2.05) is 4.90 Å². The van der Waals surface area contributed by atoms with E-state index in [-0.39, 0.29) is 6.61 Å². The predicted octanol–water partition coefficient (Wildman–Crippen LogP) is 0.191. The average Bonchev–Trinajstić information content (AvgIpc) is 2.03. The van der Waals surface area contributed by atoms with E-state index in [1.54, 1.807) is 0 Å². The van der Waals surface area contributed by atoms with Crippen LogP contribution in [0.25, 0.3) is 0 Å². The molecule has 0 aromatic rings. The lowest BCUT2D eigenvalue weighted by atomic mass is 10.3. The first-order chi connectivity index (χ1) is 5.22. The van der Waals surface area contributed by atoms with E-state index in [1.165, 1.54) is 0 Å². The first kappa shape index (κ1) is 13.4. The monoisotopic (exact) mass is 166 g/mol. The van der Waals surface area contributed by atoms with Crippen LogP contribution in [0.2, 0.25) is 0 Å². The van der Waals surface area contributed by atoms with Gasteiger partial charge in [-0.1, -0.05) is 0 Å². The molecule has 3 nitrogen and oxygen atoms in total. The molecular weight excluding hydrogens is 147 g/mol. The molecular formula is C7H19FN2O. The summed E-state index contributed by atoms with van der Waals surface area (Å²) in [6, 6.07) is 0.433. The smallest absolute Gasteiger partial charge is 0.0785 e. The zero-order chi connectivity index (χ0) is 9.28. The Morgan fingerprint density at radius 1 is 1.45 bits per heavy atom. The van der Waals surface area contributed by atoms with E-state index < -0.39 is 0 Å². The molecule has 11 heavy (non-hydrogen) atoms. The molecule has 70 valence electrons. The van der Waals surface area contributed by atoms with Crippen molar-refractivity contribution in [2.24, 2.45) is 5.73 Å². The fourth-order valence-corrected chi connectivity index (χ4v) is 0.689. The Balaban J connectivity index is 0. The molecule has 0 aromatic carbocycles. The van der Waals surface area contributed by atoms with E-state index in [9.17, 15) is 4.39 Å². The highest BCUT2D eigenvalue weighted by Crippen LogP contribution is 1.92. The van der Waals surface area contributed by atoms with Crippen molar-refractivity contribution in [2.45, 2.75) is 19.9 Å². The summed E-state index contributed by atoms with van der Waals surface area (Å²) in [6.45, 7) is 5.51. The van der Waals surface area contributed by atoms with Crippen molar-refractivity contribution >= 4 is 0 Å². The number of alkyl halides is 1. The summed E-state index contributed by atoms with van der Waals surface area (Å²) in [5.41, 5.74) is 5.37. The lowest BCUT2D eigenvalue weighted by Gasteiger charge is -2.22. The molecule has 0 atom stereocenters. The number of hydrogen-bond acceptors (Lipinski definition) is 3. The third kappa shape index (κ3) is 7.71. The lowest BCUT2D eigenvalue weighted by molar-refractivity contribution is 0.169. The number of nitrogens with two attached hydrogens (primary N) is 1. The first-order valence-corrected chi connectivity index (χ1v) is 3.65. The van der Waals surface area contributed by atoms with Gasteiger partial charge in [-0.3, -0.25) is 9.29 Å². The van der Waals surface area contributed by atoms with E-state index in [0.717, 1.165) is 0 Å². The van der Waals surface area contributed by atoms with Crippen LogP contribution in [0.15, 0.2) is 0 Å². The second-order valence-corrected chi connectivity index (χ2v) is 2.31. The van der Waals surface area contributed by atoms with Gasteiger partial charge in [-0.05, 0) is 13.8 Å². The van der Waals surface area contributed by atoms with Crippen molar-refractivity contribution in [1.82, 2.24) is 4.90 Å². The van der Waals surface area contributed by atoms with Crippen molar-refractivity contribution in [2.75, 3.05) is 27.0 Å². The van der Waals surface area contributed by atoms with Crippen LogP contribution < -0.4 is 5.73 Å². The van der Waals surface area contributed by atoms with Crippen LogP contribution in [0.3, 0.4) is 0 Å². The Kier molecular flexibility index (Phi) is 12.0. The summed E-state index contributed by atoms with van der Waals surface area (Å²) in [5, 5.41) is 8.52. The zero-order valence-corrected chi connectivity index (χ0v) is 7.55. The van der Waals surface area contributed by atoms with Crippen molar-refractivity contribution in [3.63, 3.8) is 0 Å². The third-order valence-corrected chi connectivity index (χ3v) is 1.35. The van der Waals surface area contributed by atoms with E-state index in [4.69, 9.17) is 10.8 Å². The Bertz CT molecular complexity index is 71.5. The van der Waals surface area contributed by atoms with Crippen LogP contribution in [0, 0.1) is 0 Å². The molecule has 0 rings (SSSR count). The fourth-order valence-electron chi connectivity index (χ4n) is 0.689. The molecule has 0 saturated heterocycles. The standard InChI is InChI=1S/C6H16N2O.CH3F/c1-6(2)8(5-7)3-4-9;1-2/h6,9H,3-5,7H2,1-2H3;1H3. The maximum Gasteiger partial charge on any atom is 0.0785 e. The molecule has 0 aromatic heterocycles. The van der Waals surface area contributed by atoms with Crippen molar-refractivity contribution < 1.29 is 9.50 Å². The van der Waals surface area contributed by atoms with Gasteiger partial charge in [-0.25, -0.2) is 0 Å². The van der Waals surface area contributed by atoms with Crippen molar-refractivity contribution in [1.29, 1.82) is 0 Å². The molecule has 0 aliphatic heterocycles. The number of nitrogens with zero attached hydrogens (tertiary/aromatic N) is 1. The van der Waals surface area contributed by atoms with Crippen LogP contribution in [0.4, 0.5) is 4.39 Å². The quantitative estimate of drug-likeness (QED) is 0.586. The summed E-state index contributed by atoms with van der Waals surface area (Å²) >= 11 is 0. The maximum absolute atomic E-state index is 9.50. The summed E-state index contributed by atoms with van der Waals surface area (Å²) in [6.07, 6.45) is 0. The Morgan fingerprint density at radius 2 is 1.91 bits per heavy atom. The predicted molar refractivity (Wildman–Crippen MR) is 45.0 cm³/mol. The summed E-state index contributed by atoms with van der Waals surface area (Å²) in [7, 11) is 0.500. The number of aliphatic hydroxyl groups is 1. The van der Waals surface area contributed by atoms with Crippen LogP contribution in [0.5, 0.6) is 0 Å². The molecule has 0 radical (unpaired) electrons. The van der Waals surface area contributed by atoms with Crippen LogP contribution in [-0.4, -0.2) is 43.0 Å². The van der Waals surface area contributed by atoms with Crippen LogP contribution in [0.1, 0.15) is 13.8 Å². The van der Waals surface area contributed by atoms with E-state index in [2.05, 4.69) is 13.8 Å². The van der Waals surface area contributed by atoms with Gasteiger partial charge in [-0.15, -0.1) is 0 Å². The molecule has 0 bridgehead atoms. The second-order valence-electron chi connectivity index (χ2n) is 2.31. The van der Waals surface area contributed by atoms with E-state index >= 15 is 0 Å². The molecule has 0 fully saturated rings. The SMILES string of the molecule is CC(C)N(CN)CCO.CF. The molecule has 0 saturated carbocycles. The molecule has 3 N–H and O–H groups in total. The number of rotatable bonds is 4. The molecule has 0 amide bonds. The number of halogens is 1. The van der Waals surface area contributed by atoms with Gasteiger partial charge in [0.1, 0.15) is 0 Å². The third-order valence-electron chi connectivity index (χ3n) is 1.35. The van der Waals surface area contributed by atoms with Crippen molar-refractivity contribution in [3.8, 4) is 0 Å². The molecule has 0 unspecified atom stereocenters. The van der Waals surface area contributed by atoms with Crippen LogP contribution >= 0.6 is 0 Å². The Labute approximate surface area is 68.0 Å². The minimum atomic E-state index is 0.190. The highest BCUT2D eigenvalue weighted by Gasteiger charge is 2.03. The Morgan fingerprint density at radius 3 is 2.00 bits per heavy atom. The minimum Gasteiger partial charge on any atom is -0.395 e. The lowest BCUT2D eigenvalue weighted by Crippen LogP contribution is -2.37. The summed E-state index contributed by atoms with van der Waals surface area (Å²) in [4.78, 5) is 2.00.